The summed E-state index contributed by atoms with van der Waals surface area (Å²) >= 11 is 1.43. The molecule has 0 saturated heterocycles. The number of aliphatic hydroxyl groups excluding tert-OH is 1. The van der Waals surface area contributed by atoms with Crippen molar-refractivity contribution >= 4 is 17.2 Å². The number of amides is 1. The second-order valence-corrected chi connectivity index (χ2v) is 5.73. The number of hydrogen-bond donors (Lipinski definition) is 2. The van der Waals surface area contributed by atoms with Gasteiger partial charge in [0.25, 0.3) is 5.91 Å². The lowest BCUT2D eigenvalue weighted by atomic mass is 10.2. The normalized spacial score (nSPS) is 12.0. The number of carbonyl (C=O) groups excluding carboxylic acids is 1. The van der Waals surface area contributed by atoms with Crippen LogP contribution in [-0.2, 0) is 0 Å². The minimum absolute atomic E-state index is 0.209. The Morgan fingerprint density at radius 3 is 2.77 bits per heavy atom. The molecule has 1 aromatic heterocycles. The molecule has 0 aliphatic heterocycles. The van der Waals surface area contributed by atoms with Crippen LogP contribution < -0.4 is 10.1 Å². The number of methoxy groups -OCH3 is 1. The van der Waals surface area contributed by atoms with Gasteiger partial charge in [-0.2, -0.15) is 0 Å². The fourth-order valence-electron chi connectivity index (χ4n) is 1.89. The summed E-state index contributed by atoms with van der Waals surface area (Å²) < 4.78 is 5.12. The second kappa shape index (κ2) is 7.91. The van der Waals surface area contributed by atoms with Crippen molar-refractivity contribution in [1.82, 2.24) is 10.3 Å². The van der Waals surface area contributed by atoms with E-state index in [0.717, 1.165) is 16.3 Å². The largest absolute Gasteiger partial charge is 0.497 e. The maximum absolute atomic E-state index is 12.0. The van der Waals surface area contributed by atoms with Gasteiger partial charge < -0.3 is 15.2 Å². The molecule has 6 heteroatoms. The van der Waals surface area contributed by atoms with Crippen LogP contribution in [0.25, 0.3) is 10.6 Å². The monoisotopic (exact) mass is 320 g/mol. The highest BCUT2D eigenvalue weighted by Crippen LogP contribution is 2.25. The lowest BCUT2D eigenvalue weighted by Crippen LogP contribution is -2.27. The van der Waals surface area contributed by atoms with E-state index in [1.54, 1.807) is 12.5 Å². The Morgan fingerprint density at radius 1 is 1.41 bits per heavy atom. The molecule has 5 nitrogen and oxygen atoms in total. The molecule has 0 aliphatic carbocycles. The van der Waals surface area contributed by atoms with E-state index in [1.165, 1.54) is 11.3 Å². The number of benzene rings is 1. The molecule has 2 N–H and O–H groups in total. The van der Waals surface area contributed by atoms with E-state index in [4.69, 9.17) is 4.74 Å². The van der Waals surface area contributed by atoms with Gasteiger partial charge in [0.2, 0.25) is 0 Å². The topological polar surface area (TPSA) is 71.5 Å². The molecule has 0 saturated carbocycles. The van der Waals surface area contributed by atoms with E-state index < -0.39 is 0 Å². The molecule has 0 aliphatic rings. The van der Waals surface area contributed by atoms with Gasteiger partial charge in [-0.15, -0.1) is 11.3 Å². The van der Waals surface area contributed by atoms with Gasteiger partial charge in [-0.25, -0.2) is 4.98 Å². The first-order valence-corrected chi connectivity index (χ1v) is 8.08. The molecule has 1 atom stereocenters. The Bertz CT molecular complexity index is 610. The van der Waals surface area contributed by atoms with E-state index in [1.807, 2.05) is 31.2 Å². The first kappa shape index (κ1) is 16.5. The molecule has 0 spiro atoms. The van der Waals surface area contributed by atoms with E-state index >= 15 is 0 Å². The molecule has 1 amide bonds. The Kier molecular flexibility index (Phi) is 5.91. The zero-order chi connectivity index (χ0) is 15.9. The lowest BCUT2D eigenvalue weighted by Gasteiger charge is -2.07. The maximum atomic E-state index is 12.0. The Hall–Kier alpha value is -1.92. The first-order chi connectivity index (χ1) is 10.6. The highest BCUT2D eigenvalue weighted by molar-refractivity contribution is 7.13. The van der Waals surface area contributed by atoms with Crippen molar-refractivity contribution < 1.29 is 14.6 Å². The van der Waals surface area contributed by atoms with Crippen LogP contribution in [-0.4, -0.2) is 35.8 Å². The Morgan fingerprint density at radius 2 is 2.14 bits per heavy atom. The van der Waals surface area contributed by atoms with Gasteiger partial charge in [0, 0.05) is 17.5 Å². The van der Waals surface area contributed by atoms with Gasteiger partial charge in [0.05, 0.1) is 13.2 Å². The summed E-state index contributed by atoms with van der Waals surface area (Å²) in [5.41, 5.74) is 1.35. The third-order valence-corrected chi connectivity index (χ3v) is 4.20. The average Bonchev–Trinajstić information content (AvgIpc) is 3.04. The van der Waals surface area contributed by atoms with Crippen LogP contribution in [0.4, 0.5) is 0 Å². The van der Waals surface area contributed by atoms with Crippen LogP contribution in [0, 0.1) is 0 Å². The van der Waals surface area contributed by atoms with Crippen LogP contribution in [0.1, 0.15) is 30.3 Å². The summed E-state index contributed by atoms with van der Waals surface area (Å²) in [4.78, 5) is 16.3. The number of thiazole rings is 1. The Labute approximate surface area is 134 Å². The van der Waals surface area contributed by atoms with Crippen LogP contribution in [0.3, 0.4) is 0 Å². The predicted octanol–water partition coefficient (Wildman–Crippen LogP) is 2.71. The summed E-state index contributed by atoms with van der Waals surface area (Å²) in [6.45, 7) is 2.36. The van der Waals surface area contributed by atoms with Gasteiger partial charge in [-0.3, -0.25) is 4.79 Å². The number of ether oxygens (including phenoxy) is 1. The van der Waals surface area contributed by atoms with Gasteiger partial charge in [0.1, 0.15) is 16.5 Å². The summed E-state index contributed by atoms with van der Waals surface area (Å²) in [6, 6.07) is 7.55. The van der Waals surface area contributed by atoms with E-state index in [-0.39, 0.29) is 12.0 Å². The van der Waals surface area contributed by atoms with Gasteiger partial charge >= 0.3 is 0 Å². The van der Waals surface area contributed by atoms with E-state index in [2.05, 4.69) is 10.3 Å². The molecule has 0 radical (unpaired) electrons. The summed E-state index contributed by atoms with van der Waals surface area (Å²) in [5, 5.41) is 14.8. The maximum Gasteiger partial charge on any atom is 0.270 e. The van der Waals surface area contributed by atoms with Crippen LogP contribution in [0.2, 0.25) is 0 Å². The fourth-order valence-corrected chi connectivity index (χ4v) is 2.70. The molecular formula is C16H20N2O3S. The molecule has 1 heterocycles. The quantitative estimate of drug-likeness (QED) is 0.823. The first-order valence-electron chi connectivity index (χ1n) is 7.20. The zero-order valence-electron chi connectivity index (χ0n) is 12.7. The van der Waals surface area contributed by atoms with Crippen LogP contribution >= 0.6 is 11.3 Å². The lowest BCUT2D eigenvalue weighted by molar-refractivity contribution is 0.0938. The molecule has 2 rings (SSSR count). The number of nitrogens with zero attached hydrogens (tertiary/aromatic N) is 1. The van der Waals surface area contributed by atoms with Crippen LogP contribution in [0.15, 0.2) is 29.6 Å². The third kappa shape index (κ3) is 4.29. The van der Waals surface area contributed by atoms with Gasteiger partial charge in [0.15, 0.2) is 0 Å². The van der Waals surface area contributed by atoms with Crippen molar-refractivity contribution in [3.05, 3.63) is 35.3 Å². The molecule has 1 aromatic carbocycles. The van der Waals surface area contributed by atoms with E-state index in [9.17, 15) is 9.90 Å². The minimum Gasteiger partial charge on any atom is -0.497 e. The molecule has 0 fully saturated rings. The van der Waals surface area contributed by atoms with Crippen molar-refractivity contribution in [1.29, 1.82) is 0 Å². The third-order valence-electron chi connectivity index (χ3n) is 3.31. The number of rotatable bonds is 7. The van der Waals surface area contributed by atoms with Crippen molar-refractivity contribution in [3.63, 3.8) is 0 Å². The van der Waals surface area contributed by atoms with Gasteiger partial charge in [-0.1, -0.05) is 6.92 Å². The van der Waals surface area contributed by atoms with E-state index in [0.29, 0.717) is 25.1 Å². The Balaban J connectivity index is 1.96. The number of nitrogens with one attached hydrogen (secondary N) is 1. The molecular weight excluding hydrogens is 300 g/mol. The van der Waals surface area contributed by atoms with Crippen LogP contribution in [0.5, 0.6) is 5.75 Å². The number of aliphatic hydroxyl groups is 1. The smallest absolute Gasteiger partial charge is 0.270 e. The molecule has 118 valence electrons. The second-order valence-electron chi connectivity index (χ2n) is 4.87. The van der Waals surface area contributed by atoms with Gasteiger partial charge in [-0.05, 0) is 37.1 Å². The standard InChI is InChI=1S/C16H20N2O3S/c1-3-12(19)8-9-17-15(20)14-10-22-16(18-14)11-4-6-13(21-2)7-5-11/h4-7,10,12,19H,3,8-9H2,1-2H3,(H,17,20). The molecule has 22 heavy (non-hydrogen) atoms. The van der Waals surface area contributed by atoms with Crippen molar-refractivity contribution in [2.24, 2.45) is 0 Å². The number of hydrogen-bond acceptors (Lipinski definition) is 5. The average molecular weight is 320 g/mol. The number of aromatic nitrogens is 1. The predicted molar refractivity (Wildman–Crippen MR) is 87.4 cm³/mol. The van der Waals surface area contributed by atoms with Crippen molar-refractivity contribution in [3.8, 4) is 16.3 Å². The highest BCUT2D eigenvalue weighted by Gasteiger charge is 2.12. The summed E-state index contributed by atoms with van der Waals surface area (Å²) in [6.07, 6.45) is 0.872. The molecule has 0 bridgehead atoms. The molecule has 2 aromatic rings. The minimum atomic E-state index is -0.370. The summed E-state index contributed by atoms with van der Waals surface area (Å²) in [5.74, 6) is 0.576. The van der Waals surface area contributed by atoms with Crippen molar-refractivity contribution in [2.45, 2.75) is 25.9 Å². The highest BCUT2D eigenvalue weighted by atomic mass is 32.1. The SMILES string of the molecule is CCC(O)CCNC(=O)c1csc(-c2ccc(OC)cc2)n1. The zero-order valence-corrected chi connectivity index (χ0v) is 13.5. The molecule has 1 unspecified atom stereocenters. The van der Waals surface area contributed by atoms with Crippen molar-refractivity contribution in [2.75, 3.05) is 13.7 Å². The summed E-state index contributed by atoms with van der Waals surface area (Å²) in [7, 11) is 1.62. The number of carbonyl (C=O) groups is 1. The fraction of sp³-hybridized carbons (Fsp3) is 0.375.